The fourth-order valence-electron chi connectivity index (χ4n) is 4.87. The minimum Gasteiger partial charge on any atom is -0.369 e. The molecule has 0 bridgehead atoms. The number of aryl methyl sites for hydroxylation is 1. The van der Waals surface area contributed by atoms with Gasteiger partial charge in [-0.2, -0.15) is 10.2 Å². The summed E-state index contributed by atoms with van der Waals surface area (Å²) in [6.07, 6.45) is 5.00. The second-order valence-electron chi connectivity index (χ2n) is 9.66. The van der Waals surface area contributed by atoms with Gasteiger partial charge in [-0.15, -0.1) is 0 Å². The van der Waals surface area contributed by atoms with Crippen molar-refractivity contribution in [1.82, 2.24) is 15.3 Å². The maximum absolute atomic E-state index is 9.06. The maximum Gasteiger partial charge on any atom is 0.225 e. The van der Waals surface area contributed by atoms with E-state index in [1.54, 1.807) is 0 Å². The van der Waals surface area contributed by atoms with Crippen LogP contribution in [0.5, 0.6) is 0 Å². The van der Waals surface area contributed by atoms with Crippen LogP contribution < -0.4 is 20.4 Å². The SMILES string of the molecule is Cc1cccc(N(CCC#N)CCNC2CCC(Nc3nc(N(C)C)c4ccccc4n3)CC2)c1. The van der Waals surface area contributed by atoms with Crippen molar-refractivity contribution in [3.05, 3.63) is 54.1 Å². The molecule has 0 saturated heterocycles. The Morgan fingerprint density at radius 2 is 1.74 bits per heavy atom. The van der Waals surface area contributed by atoms with Crippen LogP contribution in [0.2, 0.25) is 0 Å². The van der Waals surface area contributed by atoms with Gasteiger partial charge in [0, 0.05) is 56.9 Å². The lowest BCUT2D eigenvalue weighted by atomic mass is 9.91. The number of nitriles is 1. The first-order valence-corrected chi connectivity index (χ1v) is 12.7. The first-order chi connectivity index (χ1) is 17.0. The third-order valence-corrected chi connectivity index (χ3v) is 6.74. The molecule has 0 spiro atoms. The molecular formula is C28H37N7. The minimum absolute atomic E-state index is 0.392. The molecule has 0 radical (unpaired) electrons. The molecule has 1 fully saturated rings. The van der Waals surface area contributed by atoms with Gasteiger partial charge >= 0.3 is 0 Å². The molecule has 0 unspecified atom stereocenters. The van der Waals surface area contributed by atoms with E-state index >= 15 is 0 Å². The van der Waals surface area contributed by atoms with Crippen molar-refractivity contribution >= 4 is 28.4 Å². The van der Waals surface area contributed by atoms with Gasteiger partial charge in [-0.05, 0) is 62.4 Å². The van der Waals surface area contributed by atoms with Gasteiger partial charge < -0.3 is 20.4 Å². The summed E-state index contributed by atoms with van der Waals surface area (Å²) in [4.78, 5) is 13.9. The summed E-state index contributed by atoms with van der Waals surface area (Å²) in [6, 6.07) is 19.9. The van der Waals surface area contributed by atoms with Gasteiger partial charge in [-0.25, -0.2) is 4.98 Å². The predicted octanol–water partition coefficient (Wildman–Crippen LogP) is 4.74. The van der Waals surface area contributed by atoms with E-state index in [9.17, 15) is 0 Å². The molecule has 2 N–H and O–H groups in total. The molecule has 1 aromatic heterocycles. The van der Waals surface area contributed by atoms with E-state index < -0.39 is 0 Å². The number of para-hydroxylation sites is 1. The summed E-state index contributed by atoms with van der Waals surface area (Å²) in [7, 11) is 4.05. The zero-order chi connectivity index (χ0) is 24.6. The standard InChI is InChI=1S/C28H37N7/c1-21-8-6-9-24(20-21)35(18-7-16-29)19-17-30-22-12-14-23(15-13-22)31-28-32-26-11-5-4-10-25(26)27(33-28)34(2)3/h4-6,8-11,20,22-23,30H,7,12-15,17-19H2,1-3H3,(H,31,32,33). The van der Waals surface area contributed by atoms with E-state index in [-0.39, 0.29) is 0 Å². The Morgan fingerprint density at radius 1 is 0.971 bits per heavy atom. The monoisotopic (exact) mass is 471 g/mol. The van der Waals surface area contributed by atoms with Gasteiger partial charge in [0.1, 0.15) is 5.82 Å². The molecule has 0 atom stereocenters. The summed E-state index contributed by atoms with van der Waals surface area (Å²) in [5.41, 5.74) is 3.41. The minimum atomic E-state index is 0.392. The second kappa shape index (κ2) is 11.9. The summed E-state index contributed by atoms with van der Waals surface area (Å²) < 4.78 is 0. The Labute approximate surface area is 209 Å². The molecular weight excluding hydrogens is 434 g/mol. The normalized spacial score (nSPS) is 17.7. The average molecular weight is 472 g/mol. The Balaban J connectivity index is 1.28. The molecule has 7 heteroatoms. The quantitative estimate of drug-likeness (QED) is 0.442. The number of nitrogens with zero attached hydrogens (tertiary/aromatic N) is 5. The number of nitrogens with one attached hydrogen (secondary N) is 2. The molecule has 1 aliphatic rings. The van der Waals surface area contributed by atoms with Crippen molar-refractivity contribution in [2.24, 2.45) is 0 Å². The maximum atomic E-state index is 9.06. The first-order valence-electron chi connectivity index (χ1n) is 12.7. The fourth-order valence-corrected chi connectivity index (χ4v) is 4.87. The molecule has 0 aliphatic heterocycles. The Hall–Kier alpha value is -3.37. The van der Waals surface area contributed by atoms with Gasteiger partial charge in [0.25, 0.3) is 0 Å². The van der Waals surface area contributed by atoms with Crippen molar-refractivity contribution in [3.63, 3.8) is 0 Å². The topological polar surface area (TPSA) is 80.1 Å². The van der Waals surface area contributed by atoms with Gasteiger partial charge in [0.15, 0.2) is 0 Å². The van der Waals surface area contributed by atoms with Gasteiger partial charge in [0.2, 0.25) is 5.95 Å². The zero-order valence-electron chi connectivity index (χ0n) is 21.2. The highest BCUT2D eigenvalue weighted by Gasteiger charge is 2.22. The molecule has 35 heavy (non-hydrogen) atoms. The summed E-state index contributed by atoms with van der Waals surface area (Å²) in [5.74, 6) is 1.66. The summed E-state index contributed by atoms with van der Waals surface area (Å²) >= 11 is 0. The molecule has 4 rings (SSSR count). The van der Waals surface area contributed by atoms with Crippen LogP contribution in [0.15, 0.2) is 48.5 Å². The van der Waals surface area contributed by atoms with E-state index in [1.807, 2.05) is 37.2 Å². The lowest BCUT2D eigenvalue weighted by Crippen LogP contribution is -2.41. The van der Waals surface area contributed by atoms with Crippen molar-refractivity contribution in [2.45, 2.75) is 51.1 Å². The van der Waals surface area contributed by atoms with Crippen LogP contribution in [0.25, 0.3) is 10.9 Å². The highest BCUT2D eigenvalue weighted by Crippen LogP contribution is 2.26. The van der Waals surface area contributed by atoms with Gasteiger partial charge in [-0.3, -0.25) is 0 Å². The number of hydrogen-bond acceptors (Lipinski definition) is 7. The van der Waals surface area contributed by atoms with E-state index in [2.05, 4.69) is 58.9 Å². The highest BCUT2D eigenvalue weighted by molar-refractivity contribution is 5.90. The Bertz CT molecular complexity index is 1150. The van der Waals surface area contributed by atoms with E-state index in [0.717, 1.165) is 68.0 Å². The molecule has 2 aromatic carbocycles. The number of anilines is 3. The molecule has 184 valence electrons. The number of benzene rings is 2. The summed E-state index contributed by atoms with van der Waals surface area (Å²) in [6.45, 7) is 4.70. The smallest absolute Gasteiger partial charge is 0.225 e. The van der Waals surface area contributed by atoms with Crippen LogP contribution in [0.4, 0.5) is 17.5 Å². The molecule has 3 aromatic rings. The van der Waals surface area contributed by atoms with Crippen LogP contribution in [0.1, 0.15) is 37.7 Å². The number of hydrogen-bond donors (Lipinski definition) is 2. The number of rotatable bonds is 10. The summed E-state index contributed by atoms with van der Waals surface area (Å²) in [5, 5.41) is 17.5. The average Bonchev–Trinajstić information content (AvgIpc) is 2.86. The number of fused-ring (bicyclic) bond motifs is 1. The van der Waals surface area contributed by atoms with Crippen LogP contribution in [0.3, 0.4) is 0 Å². The third-order valence-electron chi connectivity index (χ3n) is 6.74. The number of aromatic nitrogens is 2. The molecule has 1 aliphatic carbocycles. The van der Waals surface area contributed by atoms with Gasteiger partial charge in [0.05, 0.1) is 18.0 Å². The molecule has 1 saturated carbocycles. The Morgan fingerprint density at radius 3 is 2.49 bits per heavy atom. The predicted molar refractivity (Wildman–Crippen MR) is 145 cm³/mol. The third kappa shape index (κ3) is 6.61. The van der Waals surface area contributed by atoms with Crippen LogP contribution in [0, 0.1) is 18.3 Å². The van der Waals surface area contributed by atoms with Crippen molar-refractivity contribution in [2.75, 3.05) is 48.8 Å². The fraction of sp³-hybridized carbons (Fsp3) is 0.464. The highest BCUT2D eigenvalue weighted by atomic mass is 15.2. The molecule has 7 nitrogen and oxygen atoms in total. The van der Waals surface area contributed by atoms with E-state index in [4.69, 9.17) is 15.2 Å². The largest absolute Gasteiger partial charge is 0.369 e. The second-order valence-corrected chi connectivity index (χ2v) is 9.66. The zero-order valence-corrected chi connectivity index (χ0v) is 21.2. The van der Waals surface area contributed by atoms with Crippen molar-refractivity contribution < 1.29 is 0 Å². The van der Waals surface area contributed by atoms with E-state index in [0.29, 0.717) is 18.5 Å². The lowest BCUT2D eigenvalue weighted by molar-refractivity contribution is 0.355. The Kier molecular flexibility index (Phi) is 8.38. The van der Waals surface area contributed by atoms with Crippen LogP contribution in [-0.4, -0.2) is 55.8 Å². The van der Waals surface area contributed by atoms with Crippen molar-refractivity contribution in [3.8, 4) is 6.07 Å². The van der Waals surface area contributed by atoms with Crippen LogP contribution in [-0.2, 0) is 0 Å². The molecule has 0 amide bonds. The first kappa shape index (κ1) is 24.7. The lowest BCUT2D eigenvalue weighted by Gasteiger charge is -2.31. The van der Waals surface area contributed by atoms with Crippen molar-refractivity contribution in [1.29, 1.82) is 5.26 Å². The van der Waals surface area contributed by atoms with E-state index in [1.165, 1.54) is 11.3 Å². The van der Waals surface area contributed by atoms with Gasteiger partial charge in [-0.1, -0.05) is 24.3 Å². The van der Waals surface area contributed by atoms with Crippen LogP contribution >= 0.6 is 0 Å². The molecule has 1 heterocycles.